The summed E-state index contributed by atoms with van der Waals surface area (Å²) in [4.78, 5) is 25.7. The molecule has 0 spiro atoms. The summed E-state index contributed by atoms with van der Waals surface area (Å²) in [6.07, 6.45) is 0. The van der Waals surface area contributed by atoms with E-state index in [1.54, 1.807) is 24.3 Å². The molecule has 0 saturated carbocycles. The standard InChI is InChI=1S/C18H13ClFNO4/c1-2-25-12-6-3-10(4-7-12)15-16(22)18(24)21(17(15)23)11-5-8-14(20)13(19)9-11/h3-9,22H,2H2,1H3. The van der Waals surface area contributed by atoms with Crippen molar-refractivity contribution >= 4 is 34.7 Å². The zero-order valence-electron chi connectivity index (χ0n) is 13.1. The molecule has 3 rings (SSSR count). The van der Waals surface area contributed by atoms with Gasteiger partial charge in [0.25, 0.3) is 5.91 Å². The molecule has 2 aromatic carbocycles. The van der Waals surface area contributed by atoms with Crippen molar-refractivity contribution in [3.63, 3.8) is 0 Å². The molecule has 1 aliphatic heterocycles. The summed E-state index contributed by atoms with van der Waals surface area (Å²) in [6, 6.07) is 9.85. The number of aliphatic hydroxyl groups is 1. The van der Waals surface area contributed by atoms with E-state index in [0.717, 1.165) is 17.0 Å². The summed E-state index contributed by atoms with van der Waals surface area (Å²) < 4.78 is 18.6. The molecule has 0 atom stereocenters. The van der Waals surface area contributed by atoms with Crippen LogP contribution in [-0.2, 0) is 9.59 Å². The number of ether oxygens (including phenoxy) is 1. The lowest BCUT2D eigenvalue weighted by atomic mass is 10.1. The normalized spacial score (nSPS) is 14.4. The number of nitrogens with zero attached hydrogens (tertiary/aromatic N) is 1. The molecule has 128 valence electrons. The number of benzene rings is 2. The summed E-state index contributed by atoms with van der Waals surface area (Å²) in [6.45, 7) is 2.33. The largest absolute Gasteiger partial charge is 0.502 e. The van der Waals surface area contributed by atoms with Gasteiger partial charge in [0.1, 0.15) is 11.6 Å². The Morgan fingerprint density at radius 3 is 2.40 bits per heavy atom. The molecule has 2 aromatic rings. The quantitative estimate of drug-likeness (QED) is 0.843. The summed E-state index contributed by atoms with van der Waals surface area (Å²) in [5.41, 5.74) is 0.317. The average molecular weight is 362 g/mol. The van der Waals surface area contributed by atoms with Crippen molar-refractivity contribution in [1.82, 2.24) is 0 Å². The lowest BCUT2D eigenvalue weighted by Gasteiger charge is -2.15. The van der Waals surface area contributed by atoms with E-state index in [9.17, 15) is 19.1 Å². The van der Waals surface area contributed by atoms with Gasteiger partial charge < -0.3 is 9.84 Å². The summed E-state index contributed by atoms with van der Waals surface area (Å²) in [7, 11) is 0. The van der Waals surface area contributed by atoms with Crippen molar-refractivity contribution in [3.05, 3.63) is 64.6 Å². The number of hydrogen-bond acceptors (Lipinski definition) is 4. The molecule has 2 amide bonds. The number of imide groups is 1. The van der Waals surface area contributed by atoms with Crippen LogP contribution in [-0.4, -0.2) is 23.5 Å². The number of carbonyl (C=O) groups excluding carboxylic acids is 2. The first-order chi connectivity index (χ1) is 11.9. The van der Waals surface area contributed by atoms with Crippen LogP contribution >= 0.6 is 11.6 Å². The molecular formula is C18H13ClFNO4. The zero-order valence-corrected chi connectivity index (χ0v) is 13.9. The fourth-order valence-corrected chi connectivity index (χ4v) is 2.70. The Hall–Kier alpha value is -2.86. The fourth-order valence-electron chi connectivity index (χ4n) is 2.52. The van der Waals surface area contributed by atoms with Crippen molar-refractivity contribution in [2.45, 2.75) is 6.92 Å². The smallest absolute Gasteiger partial charge is 0.301 e. The molecule has 1 N–H and O–H groups in total. The van der Waals surface area contributed by atoms with Crippen LogP contribution in [0.4, 0.5) is 10.1 Å². The predicted octanol–water partition coefficient (Wildman–Crippen LogP) is 3.72. The number of aliphatic hydroxyl groups excluding tert-OH is 1. The molecule has 0 unspecified atom stereocenters. The summed E-state index contributed by atoms with van der Waals surface area (Å²) in [5.74, 6) is -2.35. The fraction of sp³-hybridized carbons (Fsp3) is 0.111. The van der Waals surface area contributed by atoms with E-state index in [1.165, 1.54) is 6.07 Å². The molecule has 0 radical (unpaired) electrons. The van der Waals surface area contributed by atoms with Crippen molar-refractivity contribution < 1.29 is 23.8 Å². The van der Waals surface area contributed by atoms with E-state index in [-0.39, 0.29) is 16.3 Å². The van der Waals surface area contributed by atoms with E-state index in [2.05, 4.69) is 0 Å². The number of carbonyl (C=O) groups is 2. The number of rotatable bonds is 4. The third-order valence-corrected chi connectivity index (χ3v) is 3.96. The maximum atomic E-state index is 13.3. The Labute approximate surface area is 147 Å². The van der Waals surface area contributed by atoms with E-state index >= 15 is 0 Å². The third-order valence-electron chi connectivity index (χ3n) is 3.67. The van der Waals surface area contributed by atoms with Crippen molar-refractivity contribution in [3.8, 4) is 5.75 Å². The van der Waals surface area contributed by atoms with E-state index in [0.29, 0.717) is 17.9 Å². The lowest BCUT2D eigenvalue weighted by molar-refractivity contribution is -0.121. The average Bonchev–Trinajstić information content (AvgIpc) is 2.81. The van der Waals surface area contributed by atoms with Gasteiger partial charge >= 0.3 is 5.91 Å². The first kappa shape index (κ1) is 17.0. The Morgan fingerprint density at radius 2 is 1.80 bits per heavy atom. The number of amides is 2. The first-order valence-corrected chi connectivity index (χ1v) is 7.82. The molecular weight excluding hydrogens is 349 g/mol. The van der Waals surface area contributed by atoms with Crippen LogP contribution in [0, 0.1) is 5.82 Å². The van der Waals surface area contributed by atoms with Gasteiger partial charge in [0.05, 0.1) is 22.9 Å². The van der Waals surface area contributed by atoms with Crippen LogP contribution in [0.15, 0.2) is 48.2 Å². The molecule has 0 aliphatic carbocycles. The lowest BCUT2D eigenvalue weighted by Crippen LogP contribution is -2.31. The Kier molecular flexibility index (Phi) is 4.46. The van der Waals surface area contributed by atoms with Crippen LogP contribution in [0.1, 0.15) is 12.5 Å². The summed E-state index contributed by atoms with van der Waals surface area (Å²) >= 11 is 5.71. The molecule has 7 heteroatoms. The van der Waals surface area contributed by atoms with E-state index < -0.39 is 23.4 Å². The highest BCUT2D eigenvalue weighted by atomic mass is 35.5. The van der Waals surface area contributed by atoms with Gasteiger partial charge in [-0.25, -0.2) is 9.29 Å². The molecule has 0 bridgehead atoms. The maximum absolute atomic E-state index is 13.3. The second-order valence-electron chi connectivity index (χ2n) is 5.23. The van der Waals surface area contributed by atoms with Gasteiger partial charge in [0.2, 0.25) is 0 Å². The Balaban J connectivity index is 1.97. The SMILES string of the molecule is CCOc1ccc(C2=C(O)C(=O)N(c3ccc(F)c(Cl)c3)C2=O)cc1. The minimum Gasteiger partial charge on any atom is -0.502 e. The van der Waals surface area contributed by atoms with Crippen LogP contribution in [0.25, 0.3) is 5.57 Å². The van der Waals surface area contributed by atoms with Gasteiger partial charge in [-0.2, -0.15) is 0 Å². The van der Waals surface area contributed by atoms with Crippen molar-refractivity contribution in [2.24, 2.45) is 0 Å². The highest BCUT2D eigenvalue weighted by Crippen LogP contribution is 2.33. The third kappa shape index (κ3) is 2.96. The Bertz CT molecular complexity index is 892. The van der Waals surface area contributed by atoms with Gasteiger partial charge in [-0.3, -0.25) is 9.59 Å². The molecule has 0 aromatic heterocycles. The second-order valence-corrected chi connectivity index (χ2v) is 5.63. The number of halogens is 2. The molecule has 25 heavy (non-hydrogen) atoms. The first-order valence-electron chi connectivity index (χ1n) is 7.44. The zero-order chi connectivity index (χ0) is 18.1. The Morgan fingerprint density at radius 1 is 1.12 bits per heavy atom. The van der Waals surface area contributed by atoms with Gasteiger partial charge in [-0.1, -0.05) is 23.7 Å². The van der Waals surface area contributed by atoms with Crippen LogP contribution in [0.3, 0.4) is 0 Å². The monoisotopic (exact) mass is 361 g/mol. The van der Waals surface area contributed by atoms with E-state index in [4.69, 9.17) is 16.3 Å². The molecule has 0 fully saturated rings. The second kappa shape index (κ2) is 6.57. The maximum Gasteiger partial charge on any atom is 0.301 e. The highest BCUT2D eigenvalue weighted by Gasteiger charge is 2.40. The molecule has 1 heterocycles. The minimum absolute atomic E-state index is 0.0777. The van der Waals surface area contributed by atoms with Crippen molar-refractivity contribution in [1.29, 1.82) is 0 Å². The van der Waals surface area contributed by atoms with Gasteiger partial charge in [0, 0.05) is 0 Å². The topological polar surface area (TPSA) is 66.8 Å². The van der Waals surface area contributed by atoms with Crippen LogP contribution in [0.2, 0.25) is 5.02 Å². The van der Waals surface area contributed by atoms with Crippen LogP contribution < -0.4 is 9.64 Å². The minimum atomic E-state index is -0.892. The summed E-state index contributed by atoms with van der Waals surface area (Å²) in [5, 5.41) is 9.91. The number of hydrogen-bond donors (Lipinski definition) is 1. The molecule has 0 saturated heterocycles. The molecule has 1 aliphatic rings. The molecule has 5 nitrogen and oxygen atoms in total. The van der Waals surface area contributed by atoms with Gasteiger partial charge in [-0.15, -0.1) is 0 Å². The van der Waals surface area contributed by atoms with Gasteiger partial charge in [-0.05, 0) is 42.8 Å². The van der Waals surface area contributed by atoms with Gasteiger partial charge in [0.15, 0.2) is 5.76 Å². The number of anilines is 1. The van der Waals surface area contributed by atoms with Crippen LogP contribution in [0.5, 0.6) is 5.75 Å². The highest BCUT2D eigenvalue weighted by molar-refractivity contribution is 6.45. The van der Waals surface area contributed by atoms with Crippen molar-refractivity contribution in [2.75, 3.05) is 11.5 Å². The predicted molar refractivity (Wildman–Crippen MR) is 91.1 cm³/mol. The van der Waals surface area contributed by atoms with E-state index in [1.807, 2.05) is 6.92 Å².